The molecule has 0 bridgehead atoms. The number of halogens is 1. The van der Waals surface area contributed by atoms with Crippen LogP contribution in [0.25, 0.3) is 10.9 Å². The van der Waals surface area contributed by atoms with Gasteiger partial charge in [-0.25, -0.2) is 14.6 Å². The highest BCUT2D eigenvalue weighted by atomic mass is 35.5. The summed E-state index contributed by atoms with van der Waals surface area (Å²) in [5.41, 5.74) is 0.910. The SMILES string of the molecule is COC(=O)c1ccc(COC(=O)c2cc(Cl)nc3ccccc23)o1. The fourth-order valence-electron chi connectivity index (χ4n) is 2.19. The Hall–Kier alpha value is -2.86. The average molecular weight is 346 g/mol. The van der Waals surface area contributed by atoms with Crippen LogP contribution in [0.1, 0.15) is 26.7 Å². The Balaban J connectivity index is 1.78. The Morgan fingerprint density at radius 3 is 2.75 bits per heavy atom. The van der Waals surface area contributed by atoms with Crippen LogP contribution in [0.4, 0.5) is 0 Å². The molecule has 6 nitrogen and oxygen atoms in total. The number of benzene rings is 1. The zero-order chi connectivity index (χ0) is 17.1. The molecular weight excluding hydrogens is 334 g/mol. The summed E-state index contributed by atoms with van der Waals surface area (Å²) in [5.74, 6) is -0.792. The molecule has 0 radical (unpaired) electrons. The van der Waals surface area contributed by atoms with Crippen molar-refractivity contribution in [3.8, 4) is 0 Å². The molecule has 0 spiro atoms. The highest BCUT2D eigenvalue weighted by molar-refractivity contribution is 6.30. The van der Waals surface area contributed by atoms with E-state index in [0.717, 1.165) is 0 Å². The van der Waals surface area contributed by atoms with E-state index in [-0.39, 0.29) is 17.5 Å². The molecule has 0 unspecified atom stereocenters. The Kier molecular flexibility index (Phi) is 4.48. The molecule has 0 saturated heterocycles. The van der Waals surface area contributed by atoms with Gasteiger partial charge in [0.2, 0.25) is 5.76 Å². The van der Waals surface area contributed by atoms with Crippen molar-refractivity contribution in [1.82, 2.24) is 4.98 Å². The molecule has 2 aromatic heterocycles. The first-order valence-electron chi connectivity index (χ1n) is 6.98. The first-order chi connectivity index (χ1) is 11.6. The van der Waals surface area contributed by atoms with Gasteiger partial charge in [-0.2, -0.15) is 0 Å². The van der Waals surface area contributed by atoms with Crippen LogP contribution in [0.15, 0.2) is 46.9 Å². The van der Waals surface area contributed by atoms with Crippen molar-refractivity contribution >= 4 is 34.4 Å². The smallest absolute Gasteiger partial charge is 0.373 e. The third-order valence-corrected chi connectivity index (χ3v) is 3.49. The van der Waals surface area contributed by atoms with Crippen LogP contribution >= 0.6 is 11.6 Å². The Labute approximate surface area is 141 Å². The fraction of sp³-hybridized carbons (Fsp3) is 0.118. The molecule has 0 aliphatic rings. The van der Waals surface area contributed by atoms with Gasteiger partial charge in [0.05, 0.1) is 18.2 Å². The molecule has 0 saturated carbocycles. The van der Waals surface area contributed by atoms with E-state index in [1.807, 2.05) is 0 Å². The van der Waals surface area contributed by atoms with Crippen molar-refractivity contribution in [1.29, 1.82) is 0 Å². The third-order valence-electron chi connectivity index (χ3n) is 3.30. The predicted octanol–water partition coefficient (Wildman–Crippen LogP) is 3.62. The number of furan rings is 1. The highest BCUT2D eigenvalue weighted by Gasteiger charge is 2.16. The van der Waals surface area contributed by atoms with Crippen LogP contribution in [0, 0.1) is 0 Å². The minimum Gasteiger partial charge on any atom is -0.463 e. The summed E-state index contributed by atoms with van der Waals surface area (Å²) in [6, 6.07) is 11.6. The number of esters is 2. The van der Waals surface area contributed by atoms with Gasteiger partial charge < -0.3 is 13.9 Å². The second-order valence-corrected chi connectivity index (χ2v) is 5.23. The van der Waals surface area contributed by atoms with Gasteiger partial charge in [-0.05, 0) is 24.3 Å². The van der Waals surface area contributed by atoms with Crippen molar-refractivity contribution in [2.45, 2.75) is 6.61 Å². The molecule has 0 atom stereocenters. The van der Waals surface area contributed by atoms with Gasteiger partial charge in [0.15, 0.2) is 0 Å². The van der Waals surface area contributed by atoms with Gasteiger partial charge in [-0.3, -0.25) is 0 Å². The van der Waals surface area contributed by atoms with Crippen molar-refractivity contribution in [2.24, 2.45) is 0 Å². The largest absolute Gasteiger partial charge is 0.463 e. The van der Waals surface area contributed by atoms with Crippen molar-refractivity contribution in [2.75, 3.05) is 7.11 Å². The Bertz CT molecular complexity index is 918. The molecule has 3 rings (SSSR count). The van der Waals surface area contributed by atoms with Crippen molar-refractivity contribution in [3.05, 3.63) is 64.7 Å². The first-order valence-corrected chi connectivity index (χ1v) is 7.35. The molecule has 122 valence electrons. The van der Waals surface area contributed by atoms with E-state index in [9.17, 15) is 9.59 Å². The maximum Gasteiger partial charge on any atom is 0.373 e. The molecule has 3 aromatic rings. The summed E-state index contributed by atoms with van der Waals surface area (Å²) in [6.07, 6.45) is 0. The monoisotopic (exact) mass is 345 g/mol. The maximum absolute atomic E-state index is 12.3. The van der Waals surface area contributed by atoms with E-state index < -0.39 is 11.9 Å². The molecule has 0 amide bonds. The lowest BCUT2D eigenvalue weighted by Gasteiger charge is -2.07. The van der Waals surface area contributed by atoms with Gasteiger partial charge in [0, 0.05) is 5.39 Å². The molecule has 24 heavy (non-hydrogen) atoms. The molecule has 1 aromatic carbocycles. The number of nitrogens with zero attached hydrogens (tertiary/aromatic N) is 1. The van der Waals surface area contributed by atoms with Crippen LogP contribution in [-0.2, 0) is 16.1 Å². The summed E-state index contributed by atoms with van der Waals surface area (Å²) in [7, 11) is 1.25. The number of methoxy groups -OCH3 is 1. The number of fused-ring (bicyclic) bond motifs is 1. The summed E-state index contributed by atoms with van der Waals surface area (Å²) in [6.45, 7) is -0.121. The molecule has 7 heteroatoms. The standard InChI is InChI=1S/C17H12ClNO5/c1-22-17(21)14-7-6-10(24-14)9-23-16(20)12-8-15(18)19-13-5-3-2-4-11(12)13/h2-8H,9H2,1H3. The lowest BCUT2D eigenvalue weighted by atomic mass is 10.1. The predicted molar refractivity (Wildman–Crippen MR) is 85.9 cm³/mol. The highest BCUT2D eigenvalue weighted by Crippen LogP contribution is 2.22. The zero-order valence-electron chi connectivity index (χ0n) is 12.6. The quantitative estimate of drug-likeness (QED) is 0.530. The van der Waals surface area contributed by atoms with Crippen LogP contribution < -0.4 is 0 Å². The van der Waals surface area contributed by atoms with Crippen LogP contribution in [0.2, 0.25) is 5.15 Å². The number of carbonyl (C=O) groups excluding carboxylic acids is 2. The van der Waals surface area contributed by atoms with Gasteiger partial charge in [-0.1, -0.05) is 29.8 Å². The van der Waals surface area contributed by atoms with Gasteiger partial charge >= 0.3 is 11.9 Å². The first kappa shape index (κ1) is 16.0. The molecular formula is C17H12ClNO5. The van der Waals surface area contributed by atoms with E-state index in [1.165, 1.54) is 25.3 Å². The number of hydrogen-bond acceptors (Lipinski definition) is 6. The van der Waals surface area contributed by atoms with E-state index in [2.05, 4.69) is 9.72 Å². The summed E-state index contributed by atoms with van der Waals surface area (Å²) in [5, 5.41) is 0.841. The lowest BCUT2D eigenvalue weighted by molar-refractivity contribution is 0.0440. The van der Waals surface area contributed by atoms with Gasteiger partial charge in [-0.15, -0.1) is 0 Å². The minimum atomic E-state index is -0.598. The summed E-state index contributed by atoms with van der Waals surface area (Å²) in [4.78, 5) is 27.8. The van der Waals surface area contributed by atoms with Crippen molar-refractivity contribution in [3.63, 3.8) is 0 Å². The van der Waals surface area contributed by atoms with E-state index in [1.54, 1.807) is 24.3 Å². The molecule has 0 N–H and O–H groups in total. The zero-order valence-corrected chi connectivity index (χ0v) is 13.4. The van der Waals surface area contributed by atoms with Gasteiger partial charge in [0.25, 0.3) is 0 Å². The third kappa shape index (κ3) is 3.23. The number of pyridine rings is 1. The second-order valence-electron chi connectivity index (χ2n) is 4.84. The number of rotatable bonds is 4. The average Bonchev–Trinajstić information content (AvgIpc) is 3.07. The summed E-state index contributed by atoms with van der Waals surface area (Å²) < 4.78 is 15.0. The van der Waals surface area contributed by atoms with Gasteiger partial charge in [0.1, 0.15) is 17.5 Å². The van der Waals surface area contributed by atoms with E-state index >= 15 is 0 Å². The maximum atomic E-state index is 12.3. The van der Waals surface area contributed by atoms with Crippen LogP contribution in [0.5, 0.6) is 0 Å². The Morgan fingerprint density at radius 2 is 1.96 bits per heavy atom. The number of hydrogen-bond donors (Lipinski definition) is 0. The van der Waals surface area contributed by atoms with E-state index in [0.29, 0.717) is 22.2 Å². The molecule has 0 aliphatic heterocycles. The van der Waals surface area contributed by atoms with Crippen molar-refractivity contribution < 1.29 is 23.5 Å². The number of aromatic nitrogens is 1. The molecule has 0 fully saturated rings. The lowest BCUT2D eigenvalue weighted by Crippen LogP contribution is -2.06. The second kappa shape index (κ2) is 6.72. The van der Waals surface area contributed by atoms with E-state index in [4.69, 9.17) is 20.8 Å². The fourth-order valence-corrected chi connectivity index (χ4v) is 2.39. The topological polar surface area (TPSA) is 78.6 Å². The summed E-state index contributed by atoms with van der Waals surface area (Å²) >= 11 is 5.95. The Morgan fingerprint density at radius 1 is 1.17 bits per heavy atom. The van der Waals surface area contributed by atoms with Crippen LogP contribution in [-0.4, -0.2) is 24.0 Å². The number of carbonyl (C=O) groups is 2. The minimum absolute atomic E-state index is 0.0426. The molecule has 0 aliphatic carbocycles. The number of para-hydroxylation sites is 1. The molecule has 2 heterocycles. The normalized spacial score (nSPS) is 10.6. The van der Waals surface area contributed by atoms with Crippen LogP contribution in [0.3, 0.4) is 0 Å². The number of ether oxygens (including phenoxy) is 2.